The molecule has 1 amide bonds. The second kappa shape index (κ2) is 7.65. The Morgan fingerprint density at radius 2 is 1.81 bits per heavy atom. The summed E-state index contributed by atoms with van der Waals surface area (Å²) in [5.74, 6) is 1.31. The maximum atomic E-state index is 12.3. The molecule has 1 aliphatic heterocycles. The number of carbonyl (C=O) groups is 1. The number of hydrogen-bond acceptors (Lipinski definition) is 6. The van der Waals surface area contributed by atoms with Gasteiger partial charge in [-0.3, -0.25) is 14.2 Å². The molecular weight excluding hydrogens is 406 g/mol. The van der Waals surface area contributed by atoms with Crippen LogP contribution >= 0.6 is 0 Å². The van der Waals surface area contributed by atoms with Gasteiger partial charge in [0, 0.05) is 35.0 Å². The molecule has 0 unspecified atom stereocenters. The Morgan fingerprint density at radius 1 is 1.06 bits per heavy atom. The molecule has 0 aliphatic carbocycles. The van der Waals surface area contributed by atoms with Gasteiger partial charge in [-0.1, -0.05) is 12.1 Å². The van der Waals surface area contributed by atoms with Crippen molar-refractivity contribution in [2.75, 3.05) is 13.3 Å². The molecular formula is C24H23N5O3. The number of rotatable bonds is 5. The molecule has 0 atom stereocenters. The van der Waals surface area contributed by atoms with E-state index in [-0.39, 0.29) is 12.7 Å². The van der Waals surface area contributed by atoms with Gasteiger partial charge in [-0.05, 0) is 44.2 Å². The highest BCUT2D eigenvalue weighted by Gasteiger charge is 2.17. The highest BCUT2D eigenvalue weighted by Crippen LogP contribution is 2.36. The average Bonchev–Trinajstić information content (AvgIpc) is 3.43. The monoisotopic (exact) mass is 429 g/mol. The van der Waals surface area contributed by atoms with Gasteiger partial charge in [0.2, 0.25) is 6.79 Å². The largest absolute Gasteiger partial charge is 0.454 e. The first-order valence-corrected chi connectivity index (χ1v) is 10.3. The third-order valence-corrected chi connectivity index (χ3v) is 5.21. The van der Waals surface area contributed by atoms with Gasteiger partial charge in [-0.15, -0.1) is 0 Å². The van der Waals surface area contributed by atoms with Crippen molar-refractivity contribution < 1.29 is 14.3 Å². The zero-order valence-corrected chi connectivity index (χ0v) is 17.8. The van der Waals surface area contributed by atoms with Crippen LogP contribution in [0.25, 0.3) is 28.2 Å². The highest BCUT2D eigenvalue weighted by molar-refractivity contribution is 5.94. The minimum absolute atomic E-state index is 0.154. The number of nitrogens with one attached hydrogen (secondary N) is 1. The summed E-state index contributed by atoms with van der Waals surface area (Å²) in [6.45, 7) is 4.37. The number of aromatic nitrogens is 3. The number of ether oxygens (including phenoxy) is 2. The standard InChI is InChI=1S/C24H23N5O3/c1-24(2,25)13-28-23(30)16-5-3-15(4-6-16)18-12-29-19(10-27-22(29)11-26-18)17-7-8-20-21(9-17)32-14-31-20/h3-12H,13-14,25H2,1-2H3,(H,28,30). The predicted molar refractivity (Wildman–Crippen MR) is 121 cm³/mol. The van der Waals surface area contributed by atoms with E-state index in [1.54, 1.807) is 18.3 Å². The lowest BCUT2D eigenvalue weighted by molar-refractivity contribution is 0.0946. The highest BCUT2D eigenvalue weighted by atomic mass is 16.7. The molecule has 32 heavy (non-hydrogen) atoms. The summed E-state index contributed by atoms with van der Waals surface area (Å²) in [5, 5.41) is 2.85. The van der Waals surface area contributed by atoms with Crippen molar-refractivity contribution in [1.82, 2.24) is 19.7 Å². The molecule has 0 spiro atoms. The summed E-state index contributed by atoms with van der Waals surface area (Å²) in [6.07, 6.45) is 5.48. The lowest BCUT2D eigenvalue weighted by Crippen LogP contribution is -2.45. The Kier molecular flexibility index (Phi) is 4.79. The number of carbonyl (C=O) groups excluding carboxylic acids is 1. The van der Waals surface area contributed by atoms with Gasteiger partial charge in [0.1, 0.15) is 0 Å². The Bertz CT molecular complexity index is 1310. The van der Waals surface area contributed by atoms with Crippen LogP contribution in [0.15, 0.2) is 61.1 Å². The second-order valence-electron chi connectivity index (χ2n) is 8.46. The molecule has 4 aromatic rings. The Morgan fingerprint density at radius 3 is 2.59 bits per heavy atom. The number of hydrogen-bond donors (Lipinski definition) is 2. The number of nitrogens with two attached hydrogens (primary N) is 1. The normalized spacial score (nSPS) is 12.8. The molecule has 0 saturated heterocycles. The zero-order chi connectivity index (χ0) is 22.3. The molecule has 0 fully saturated rings. The minimum Gasteiger partial charge on any atom is -0.454 e. The van der Waals surface area contributed by atoms with E-state index in [4.69, 9.17) is 15.2 Å². The first-order chi connectivity index (χ1) is 15.4. The second-order valence-corrected chi connectivity index (χ2v) is 8.46. The Hall–Kier alpha value is -3.91. The van der Waals surface area contributed by atoms with Gasteiger partial charge in [0.05, 0.1) is 23.8 Å². The summed E-state index contributed by atoms with van der Waals surface area (Å²) < 4.78 is 12.9. The fourth-order valence-electron chi connectivity index (χ4n) is 3.51. The molecule has 162 valence electrons. The van der Waals surface area contributed by atoms with Crippen LogP contribution in [0.5, 0.6) is 11.5 Å². The summed E-state index contributed by atoms with van der Waals surface area (Å²) >= 11 is 0. The van der Waals surface area contributed by atoms with Crippen LogP contribution in [0.1, 0.15) is 24.2 Å². The molecule has 2 aromatic heterocycles. The number of amides is 1. The molecule has 3 N–H and O–H groups in total. The Labute approximate surface area is 185 Å². The zero-order valence-electron chi connectivity index (χ0n) is 17.8. The molecule has 5 rings (SSSR count). The van der Waals surface area contributed by atoms with Crippen LogP contribution in [0, 0.1) is 0 Å². The SMILES string of the molecule is CC(C)(N)CNC(=O)c1ccc(-c2cn3c(-c4ccc5c(c4)OCO5)cnc3cn2)cc1. The summed E-state index contributed by atoms with van der Waals surface area (Å²) in [4.78, 5) is 21.4. The van der Waals surface area contributed by atoms with Gasteiger partial charge >= 0.3 is 0 Å². The smallest absolute Gasteiger partial charge is 0.251 e. The number of nitrogens with zero attached hydrogens (tertiary/aromatic N) is 3. The van der Waals surface area contributed by atoms with Gasteiger partial charge in [-0.25, -0.2) is 4.98 Å². The van der Waals surface area contributed by atoms with Crippen molar-refractivity contribution in [1.29, 1.82) is 0 Å². The number of imidazole rings is 1. The van der Waals surface area contributed by atoms with Crippen LogP contribution in [-0.2, 0) is 0 Å². The minimum atomic E-state index is -0.463. The quantitative estimate of drug-likeness (QED) is 0.505. The summed E-state index contributed by atoms with van der Waals surface area (Å²) in [5.41, 5.74) is 10.3. The molecule has 0 saturated carbocycles. The van der Waals surface area contributed by atoms with Crippen LogP contribution in [0.4, 0.5) is 0 Å². The predicted octanol–water partition coefficient (Wildman–Crippen LogP) is 3.26. The molecule has 8 nitrogen and oxygen atoms in total. The fourth-order valence-corrected chi connectivity index (χ4v) is 3.51. The Balaban J connectivity index is 1.43. The molecule has 8 heteroatoms. The van der Waals surface area contributed by atoms with Crippen LogP contribution in [-0.4, -0.2) is 39.2 Å². The lowest BCUT2D eigenvalue weighted by Gasteiger charge is -2.18. The first kappa shape index (κ1) is 20.0. The fraction of sp³-hybridized carbons (Fsp3) is 0.208. The average molecular weight is 429 g/mol. The van der Waals surface area contributed by atoms with E-state index < -0.39 is 5.54 Å². The van der Waals surface area contributed by atoms with Crippen LogP contribution in [0.3, 0.4) is 0 Å². The number of benzene rings is 2. The number of fused-ring (bicyclic) bond motifs is 2. The van der Waals surface area contributed by atoms with E-state index >= 15 is 0 Å². The molecule has 0 bridgehead atoms. The van der Waals surface area contributed by atoms with Crippen molar-refractivity contribution in [2.45, 2.75) is 19.4 Å². The van der Waals surface area contributed by atoms with Crippen molar-refractivity contribution >= 4 is 11.6 Å². The van der Waals surface area contributed by atoms with E-state index in [2.05, 4.69) is 15.3 Å². The van der Waals surface area contributed by atoms with E-state index in [0.717, 1.165) is 39.7 Å². The van der Waals surface area contributed by atoms with Crippen LogP contribution < -0.4 is 20.5 Å². The van der Waals surface area contributed by atoms with Gasteiger partial charge < -0.3 is 20.5 Å². The van der Waals surface area contributed by atoms with Gasteiger partial charge in [-0.2, -0.15) is 0 Å². The molecule has 0 radical (unpaired) electrons. The van der Waals surface area contributed by atoms with E-state index in [9.17, 15) is 4.79 Å². The third-order valence-electron chi connectivity index (χ3n) is 5.21. The van der Waals surface area contributed by atoms with Gasteiger partial charge in [0.15, 0.2) is 17.1 Å². The van der Waals surface area contributed by atoms with Crippen molar-refractivity contribution in [2.24, 2.45) is 5.73 Å². The van der Waals surface area contributed by atoms with E-state index in [1.165, 1.54) is 0 Å². The van der Waals surface area contributed by atoms with E-state index in [1.807, 2.05) is 61.0 Å². The molecule has 3 heterocycles. The molecule has 1 aliphatic rings. The summed E-state index contributed by atoms with van der Waals surface area (Å²) in [6, 6.07) is 13.2. The lowest BCUT2D eigenvalue weighted by atomic mass is 10.1. The van der Waals surface area contributed by atoms with Gasteiger partial charge in [0.25, 0.3) is 5.91 Å². The van der Waals surface area contributed by atoms with Crippen molar-refractivity contribution in [3.63, 3.8) is 0 Å². The van der Waals surface area contributed by atoms with Crippen molar-refractivity contribution in [3.8, 4) is 34.0 Å². The van der Waals surface area contributed by atoms with Crippen LogP contribution in [0.2, 0.25) is 0 Å². The van der Waals surface area contributed by atoms with E-state index in [0.29, 0.717) is 12.1 Å². The third kappa shape index (κ3) is 3.88. The topological polar surface area (TPSA) is 104 Å². The maximum Gasteiger partial charge on any atom is 0.251 e. The van der Waals surface area contributed by atoms with Crippen molar-refractivity contribution in [3.05, 3.63) is 66.6 Å². The first-order valence-electron chi connectivity index (χ1n) is 10.3. The summed E-state index contributed by atoms with van der Waals surface area (Å²) in [7, 11) is 0. The maximum absolute atomic E-state index is 12.3. The molecule has 2 aromatic carbocycles.